The first-order valence-electron chi connectivity index (χ1n) is 5.24. The van der Waals surface area contributed by atoms with Crippen molar-refractivity contribution in [1.82, 2.24) is 15.7 Å². The van der Waals surface area contributed by atoms with Crippen molar-refractivity contribution in [3.63, 3.8) is 0 Å². The van der Waals surface area contributed by atoms with E-state index < -0.39 is 4.92 Å². The first kappa shape index (κ1) is 11.8. The minimum absolute atomic E-state index is 0.0155. The fourth-order valence-electron chi connectivity index (χ4n) is 1.30. The lowest BCUT2D eigenvalue weighted by molar-refractivity contribution is -0.419. The van der Waals surface area contributed by atoms with Gasteiger partial charge in [0.2, 0.25) is 0 Å². The highest BCUT2D eigenvalue weighted by Gasteiger charge is 2.12. The Kier molecular flexibility index (Phi) is 3.65. The number of nitrogens with one attached hydrogen (secondary N) is 2. The molecule has 0 amide bonds. The van der Waals surface area contributed by atoms with Crippen molar-refractivity contribution >= 4 is 6.21 Å². The van der Waals surface area contributed by atoms with E-state index in [4.69, 9.17) is 0 Å². The van der Waals surface area contributed by atoms with Crippen LogP contribution in [-0.2, 0) is 0 Å². The molecule has 1 atom stereocenters. The molecule has 18 heavy (non-hydrogen) atoms. The van der Waals surface area contributed by atoms with E-state index in [1.165, 1.54) is 12.3 Å². The molecule has 0 saturated carbocycles. The van der Waals surface area contributed by atoms with Crippen molar-refractivity contribution in [2.45, 2.75) is 6.17 Å². The summed E-state index contributed by atoms with van der Waals surface area (Å²) >= 11 is 0. The highest BCUT2D eigenvalue weighted by Crippen LogP contribution is 2.02. The second kappa shape index (κ2) is 5.58. The Balaban J connectivity index is 1.85. The van der Waals surface area contributed by atoms with Gasteiger partial charge in [-0.25, -0.2) is 0 Å². The molecule has 0 bridgehead atoms. The first-order chi connectivity index (χ1) is 8.75. The van der Waals surface area contributed by atoms with Gasteiger partial charge in [-0.3, -0.25) is 20.5 Å². The summed E-state index contributed by atoms with van der Waals surface area (Å²) in [5, 5.41) is 17.2. The smallest absolute Gasteiger partial charge is 0.284 e. The highest BCUT2D eigenvalue weighted by molar-refractivity contribution is 5.76. The molecular weight excluding hydrogens is 234 g/mol. The molecule has 1 unspecified atom stereocenters. The summed E-state index contributed by atoms with van der Waals surface area (Å²) in [5.74, 6) is 0. The van der Waals surface area contributed by atoms with Crippen LogP contribution in [0.4, 0.5) is 0 Å². The van der Waals surface area contributed by atoms with Crippen LogP contribution in [0.15, 0.2) is 53.5 Å². The monoisotopic (exact) mass is 245 g/mol. The van der Waals surface area contributed by atoms with Gasteiger partial charge in [-0.2, -0.15) is 5.10 Å². The highest BCUT2D eigenvalue weighted by atomic mass is 16.6. The van der Waals surface area contributed by atoms with Crippen LogP contribution >= 0.6 is 0 Å². The summed E-state index contributed by atoms with van der Waals surface area (Å²) < 4.78 is 0. The number of hydrogen-bond acceptors (Lipinski definition) is 6. The second-order valence-corrected chi connectivity index (χ2v) is 3.47. The van der Waals surface area contributed by atoms with E-state index in [1.54, 1.807) is 18.5 Å². The van der Waals surface area contributed by atoms with Crippen molar-refractivity contribution < 1.29 is 4.92 Å². The van der Waals surface area contributed by atoms with E-state index in [1.807, 2.05) is 18.2 Å². The van der Waals surface area contributed by atoms with Crippen molar-refractivity contribution in [2.75, 3.05) is 0 Å². The summed E-state index contributed by atoms with van der Waals surface area (Å²) in [7, 11) is 0. The Labute approximate surface area is 103 Å². The molecule has 0 aromatic carbocycles. The van der Waals surface area contributed by atoms with Crippen LogP contribution in [-0.4, -0.2) is 22.3 Å². The van der Waals surface area contributed by atoms with E-state index in [9.17, 15) is 10.1 Å². The molecule has 1 aromatic rings. The number of nitrogens with zero attached hydrogens (tertiary/aromatic N) is 3. The molecule has 2 rings (SSSR count). The van der Waals surface area contributed by atoms with Crippen LogP contribution in [0.1, 0.15) is 5.69 Å². The Morgan fingerprint density at radius 1 is 1.56 bits per heavy atom. The lowest BCUT2D eigenvalue weighted by atomic mass is 10.3. The minimum atomic E-state index is -0.461. The Bertz CT molecular complexity index is 509. The molecule has 0 saturated heterocycles. The minimum Gasteiger partial charge on any atom is -0.361 e. The van der Waals surface area contributed by atoms with Gasteiger partial charge in [0.25, 0.3) is 5.70 Å². The molecule has 7 heteroatoms. The van der Waals surface area contributed by atoms with Crippen molar-refractivity contribution in [2.24, 2.45) is 5.10 Å². The molecule has 7 nitrogen and oxygen atoms in total. The van der Waals surface area contributed by atoms with Gasteiger partial charge in [0.15, 0.2) is 0 Å². The summed E-state index contributed by atoms with van der Waals surface area (Å²) in [6.07, 6.45) is 7.34. The van der Waals surface area contributed by atoms with Crippen LogP contribution < -0.4 is 10.7 Å². The van der Waals surface area contributed by atoms with E-state index in [0.29, 0.717) is 0 Å². The van der Waals surface area contributed by atoms with Gasteiger partial charge in [0.05, 0.1) is 23.0 Å². The number of hydrazone groups is 1. The molecule has 0 spiro atoms. The summed E-state index contributed by atoms with van der Waals surface area (Å²) in [6.45, 7) is 0. The fraction of sp³-hybridized carbons (Fsp3) is 0.0909. The standard InChI is InChI=1S/C11H11N5O2/c17-16(18)10-4-5-11(13-8-10)15-14-7-9-3-1-2-6-12-9/h1-8,11,13,15H/b14-7+. The number of nitro groups is 1. The molecule has 2 N–H and O–H groups in total. The number of pyridine rings is 1. The number of dihydropyridines is 1. The van der Waals surface area contributed by atoms with E-state index in [-0.39, 0.29) is 11.9 Å². The molecule has 0 aliphatic carbocycles. The average Bonchev–Trinajstić information content (AvgIpc) is 2.40. The molecule has 1 aliphatic rings. The van der Waals surface area contributed by atoms with Crippen LogP contribution in [0, 0.1) is 10.1 Å². The molecular formula is C11H11N5O2. The predicted molar refractivity (Wildman–Crippen MR) is 66.1 cm³/mol. The maximum Gasteiger partial charge on any atom is 0.284 e. The van der Waals surface area contributed by atoms with Crippen LogP contribution in [0.2, 0.25) is 0 Å². The van der Waals surface area contributed by atoms with E-state index in [0.717, 1.165) is 5.69 Å². The van der Waals surface area contributed by atoms with Gasteiger partial charge in [0, 0.05) is 12.3 Å². The maximum atomic E-state index is 10.4. The quantitative estimate of drug-likeness (QED) is 0.460. The molecule has 0 fully saturated rings. The third-order valence-electron chi connectivity index (χ3n) is 2.18. The Morgan fingerprint density at radius 2 is 2.44 bits per heavy atom. The normalized spacial score (nSPS) is 18.2. The molecule has 0 radical (unpaired) electrons. The van der Waals surface area contributed by atoms with Gasteiger partial charge in [-0.15, -0.1) is 0 Å². The maximum absolute atomic E-state index is 10.4. The fourth-order valence-corrected chi connectivity index (χ4v) is 1.30. The molecule has 92 valence electrons. The van der Waals surface area contributed by atoms with Crippen LogP contribution in [0.5, 0.6) is 0 Å². The lowest BCUT2D eigenvalue weighted by Crippen LogP contribution is -2.36. The third kappa shape index (κ3) is 3.14. The van der Waals surface area contributed by atoms with Gasteiger partial charge >= 0.3 is 0 Å². The zero-order chi connectivity index (χ0) is 12.8. The Morgan fingerprint density at radius 3 is 3.06 bits per heavy atom. The van der Waals surface area contributed by atoms with Crippen LogP contribution in [0.3, 0.4) is 0 Å². The number of rotatable bonds is 4. The summed E-state index contributed by atoms with van der Waals surface area (Å²) in [5.41, 5.74) is 3.54. The van der Waals surface area contributed by atoms with Gasteiger partial charge in [-0.05, 0) is 18.2 Å². The third-order valence-corrected chi connectivity index (χ3v) is 2.18. The van der Waals surface area contributed by atoms with E-state index >= 15 is 0 Å². The summed E-state index contributed by atoms with van der Waals surface area (Å²) in [6, 6.07) is 5.50. The first-order valence-corrected chi connectivity index (χ1v) is 5.24. The lowest BCUT2D eigenvalue weighted by Gasteiger charge is -2.14. The number of aromatic nitrogens is 1. The van der Waals surface area contributed by atoms with Gasteiger partial charge in [0.1, 0.15) is 6.17 Å². The average molecular weight is 245 g/mol. The molecule has 1 aromatic heterocycles. The zero-order valence-electron chi connectivity index (χ0n) is 9.35. The predicted octanol–water partition coefficient (Wildman–Crippen LogP) is 0.609. The largest absolute Gasteiger partial charge is 0.361 e. The number of hydrogen-bond donors (Lipinski definition) is 2. The van der Waals surface area contributed by atoms with Crippen LogP contribution in [0.25, 0.3) is 0 Å². The summed E-state index contributed by atoms with van der Waals surface area (Å²) in [4.78, 5) is 14.1. The topological polar surface area (TPSA) is 92.5 Å². The van der Waals surface area contributed by atoms with Gasteiger partial charge in [-0.1, -0.05) is 6.07 Å². The molecule has 2 heterocycles. The Hall–Kier alpha value is -2.70. The van der Waals surface area contributed by atoms with Crippen molar-refractivity contribution in [3.05, 3.63) is 64.3 Å². The number of allylic oxidation sites excluding steroid dienone is 1. The zero-order valence-corrected chi connectivity index (χ0v) is 9.35. The SMILES string of the molecule is O=[N+]([O-])C1=CNC(N/N=C/c2ccccn2)C=C1. The second-order valence-electron chi connectivity index (χ2n) is 3.47. The molecule has 1 aliphatic heterocycles. The van der Waals surface area contributed by atoms with Crippen molar-refractivity contribution in [3.8, 4) is 0 Å². The van der Waals surface area contributed by atoms with Crippen molar-refractivity contribution in [1.29, 1.82) is 0 Å². The van der Waals surface area contributed by atoms with Gasteiger partial charge < -0.3 is 5.32 Å². The van der Waals surface area contributed by atoms with E-state index in [2.05, 4.69) is 20.8 Å².